The van der Waals surface area contributed by atoms with E-state index in [-0.39, 0.29) is 18.2 Å². The summed E-state index contributed by atoms with van der Waals surface area (Å²) >= 11 is 0. The molecule has 4 rings (SSSR count). The van der Waals surface area contributed by atoms with Crippen LogP contribution in [0.15, 0.2) is 59.4 Å². The predicted molar refractivity (Wildman–Crippen MR) is 102 cm³/mol. The Morgan fingerprint density at radius 1 is 1.14 bits per heavy atom. The highest BCUT2D eigenvalue weighted by atomic mass is 19.1. The summed E-state index contributed by atoms with van der Waals surface area (Å²) in [4.78, 5) is 11.7. The SMILES string of the molecule is NC(=O)CC(Cc1ccc(-c2cnoc2)cc1)c1cc(F)cc(-c2nn[nH]n2)c1. The van der Waals surface area contributed by atoms with Gasteiger partial charge in [0, 0.05) is 17.5 Å². The van der Waals surface area contributed by atoms with Crippen LogP contribution < -0.4 is 5.73 Å². The van der Waals surface area contributed by atoms with Crippen molar-refractivity contribution < 1.29 is 13.7 Å². The molecule has 1 atom stereocenters. The van der Waals surface area contributed by atoms with Crippen LogP contribution in [0.5, 0.6) is 0 Å². The van der Waals surface area contributed by atoms with Crippen LogP contribution in [0.2, 0.25) is 0 Å². The lowest BCUT2D eigenvalue weighted by Crippen LogP contribution is -2.17. The normalized spacial score (nSPS) is 12.0. The number of H-pyrrole nitrogens is 1. The van der Waals surface area contributed by atoms with Crippen LogP contribution in [0.3, 0.4) is 0 Å². The molecule has 0 aliphatic rings. The van der Waals surface area contributed by atoms with E-state index >= 15 is 0 Å². The van der Waals surface area contributed by atoms with Crippen LogP contribution in [0.1, 0.15) is 23.5 Å². The first-order chi connectivity index (χ1) is 14.1. The topological polar surface area (TPSA) is 124 Å². The Morgan fingerprint density at radius 2 is 1.97 bits per heavy atom. The molecule has 29 heavy (non-hydrogen) atoms. The Bertz CT molecular complexity index is 1090. The number of carbonyl (C=O) groups is 1. The average molecular weight is 392 g/mol. The minimum atomic E-state index is -0.457. The molecule has 0 radical (unpaired) electrons. The van der Waals surface area contributed by atoms with E-state index < -0.39 is 11.7 Å². The van der Waals surface area contributed by atoms with Gasteiger partial charge in [-0.25, -0.2) is 4.39 Å². The first kappa shape index (κ1) is 18.5. The maximum atomic E-state index is 14.2. The highest BCUT2D eigenvalue weighted by molar-refractivity contribution is 5.75. The summed E-state index contributed by atoms with van der Waals surface area (Å²) in [5, 5.41) is 17.3. The largest absolute Gasteiger partial charge is 0.370 e. The van der Waals surface area contributed by atoms with E-state index in [4.69, 9.17) is 10.3 Å². The number of halogens is 1. The molecule has 2 aromatic carbocycles. The molecule has 0 saturated carbocycles. The van der Waals surface area contributed by atoms with Crippen LogP contribution in [-0.4, -0.2) is 31.7 Å². The molecule has 146 valence electrons. The van der Waals surface area contributed by atoms with E-state index in [0.29, 0.717) is 17.5 Å². The predicted octanol–water partition coefficient (Wildman–Crippen LogP) is 2.86. The van der Waals surface area contributed by atoms with Gasteiger partial charge < -0.3 is 10.3 Å². The van der Waals surface area contributed by atoms with E-state index in [9.17, 15) is 9.18 Å². The van der Waals surface area contributed by atoms with Crippen molar-refractivity contribution in [3.05, 3.63) is 71.9 Å². The molecular formula is C20H17FN6O2. The first-order valence-electron chi connectivity index (χ1n) is 8.90. The Balaban J connectivity index is 1.62. The maximum Gasteiger partial charge on any atom is 0.218 e. The quantitative estimate of drug-likeness (QED) is 0.498. The molecule has 0 saturated heterocycles. The van der Waals surface area contributed by atoms with Gasteiger partial charge in [-0.1, -0.05) is 29.4 Å². The standard InChI is InChI=1S/C20H17FN6O2/c21-18-7-15(6-16(8-18)20-24-26-27-25-20)14(9-19(22)28)5-12-1-3-13(4-2-12)17-10-23-29-11-17/h1-4,6-8,10-11,14H,5,9H2,(H2,22,28)(H,24,25,26,27). The number of aromatic amines is 1. The minimum Gasteiger partial charge on any atom is -0.370 e. The van der Waals surface area contributed by atoms with Gasteiger partial charge in [0.2, 0.25) is 11.7 Å². The number of tetrazole rings is 1. The molecule has 2 heterocycles. The van der Waals surface area contributed by atoms with Gasteiger partial charge >= 0.3 is 0 Å². The monoisotopic (exact) mass is 392 g/mol. The third-order valence-corrected chi connectivity index (χ3v) is 4.64. The lowest BCUT2D eigenvalue weighted by Gasteiger charge is -2.17. The zero-order chi connectivity index (χ0) is 20.2. The minimum absolute atomic E-state index is 0.0859. The summed E-state index contributed by atoms with van der Waals surface area (Å²) in [5.41, 5.74) is 9.40. The molecule has 9 heteroatoms. The Labute approximate surface area is 164 Å². The van der Waals surface area contributed by atoms with Crippen molar-refractivity contribution in [3.63, 3.8) is 0 Å². The van der Waals surface area contributed by atoms with Crippen molar-refractivity contribution in [1.29, 1.82) is 0 Å². The number of nitrogens with zero attached hydrogens (tertiary/aromatic N) is 4. The van der Waals surface area contributed by atoms with Crippen LogP contribution in [-0.2, 0) is 11.2 Å². The molecule has 0 bridgehead atoms. The summed E-state index contributed by atoms with van der Waals surface area (Å²) in [5.74, 6) is -0.919. The number of benzene rings is 2. The first-order valence-corrected chi connectivity index (χ1v) is 8.90. The molecular weight excluding hydrogens is 375 g/mol. The van der Waals surface area contributed by atoms with Gasteiger partial charge in [0.15, 0.2) is 0 Å². The number of carbonyl (C=O) groups excluding carboxylic acids is 1. The molecule has 0 aliphatic carbocycles. The maximum absolute atomic E-state index is 14.2. The summed E-state index contributed by atoms with van der Waals surface area (Å²) in [6.45, 7) is 0. The van der Waals surface area contributed by atoms with Crippen LogP contribution in [0.4, 0.5) is 4.39 Å². The average Bonchev–Trinajstić information content (AvgIpc) is 3.41. The molecule has 3 N–H and O–H groups in total. The van der Waals surface area contributed by atoms with Crippen molar-refractivity contribution in [2.24, 2.45) is 5.73 Å². The summed E-state index contributed by atoms with van der Waals surface area (Å²) in [7, 11) is 0. The van der Waals surface area contributed by atoms with E-state index in [0.717, 1.165) is 16.7 Å². The second kappa shape index (κ2) is 8.01. The zero-order valence-corrected chi connectivity index (χ0v) is 15.2. The lowest BCUT2D eigenvalue weighted by molar-refractivity contribution is -0.118. The van der Waals surface area contributed by atoms with Crippen molar-refractivity contribution in [1.82, 2.24) is 25.8 Å². The van der Waals surface area contributed by atoms with Crippen LogP contribution >= 0.6 is 0 Å². The molecule has 4 aromatic rings. The fraction of sp³-hybridized carbons (Fsp3) is 0.150. The second-order valence-electron chi connectivity index (χ2n) is 6.69. The molecule has 1 amide bonds. The van der Waals surface area contributed by atoms with Gasteiger partial charge in [0.25, 0.3) is 0 Å². The third-order valence-electron chi connectivity index (χ3n) is 4.64. The van der Waals surface area contributed by atoms with Crippen LogP contribution in [0.25, 0.3) is 22.5 Å². The summed E-state index contributed by atoms with van der Waals surface area (Å²) < 4.78 is 19.1. The Morgan fingerprint density at radius 3 is 2.62 bits per heavy atom. The van der Waals surface area contributed by atoms with Crippen molar-refractivity contribution in [2.75, 3.05) is 0 Å². The zero-order valence-electron chi connectivity index (χ0n) is 15.2. The number of nitrogens with one attached hydrogen (secondary N) is 1. The van der Waals surface area contributed by atoms with Crippen molar-refractivity contribution >= 4 is 5.91 Å². The number of primary amides is 1. The molecule has 0 spiro atoms. The smallest absolute Gasteiger partial charge is 0.218 e. The van der Waals surface area contributed by atoms with Gasteiger partial charge in [0.1, 0.15) is 12.1 Å². The van der Waals surface area contributed by atoms with Crippen molar-refractivity contribution in [2.45, 2.75) is 18.8 Å². The van der Waals surface area contributed by atoms with Gasteiger partial charge in [-0.3, -0.25) is 4.79 Å². The van der Waals surface area contributed by atoms with Gasteiger partial charge in [0.05, 0.1) is 6.20 Å². The summed E-state index contributed by atoms with van der Waals surface area (Å²) in [6.07, 6.45) is 3.80. The Hall–Kier alpha value is -3.88. The third kappa shape index (κ3) is 4.34. The van der Waals surface area contributed by atoms with Gasteiger partial charge in [-0.05, 0) is 52.4 Å². The number of aromatic nitrogens is 5. The number of hydrogen-bond acceptors (Lipinski definition) is 6. The molecule has 2 aromatic heterocycles. The Kier molecular flexibility index (Phi) is 5.10. The number of rotatable bonds is 7. The molecule has 0 fully saturated rings. The summed E-state index contributed by atoms with van der Waals surface area (Å²) in [6, 6.07) is 12.3. The second-order valence-corrected chi connectivity index (χ2v) is 6.69. The number of hydrogen-bond donors (Lipinski definition) is 2. The highest BCUT2D eigenvalue weighted by Crippen LogP contribution is 2.29. The van der Waals surface area contributed by atoms with E-state index in [2.05, 4.69) is 25.8 Å². The molecule has 8 nitrogen and oxygen atoms in total. The fourth-order valence-corrected chi connectivity index (χ4v) is 3.28. The highest BCUT2D eigenvalue weighted by Gasteiger charge is 2.18. The fourth-order valence-electron chi connectivity index (χ4n) is 3.28. The van der Waals surface area contributed by atoms with Gasteiger partial charge in [-0.15, -0.1) is 10.2 Å². The van der Waals surface area contributed by atoms with Gasteiger partial charge in [-0.2, -0.15) is 5.21 Å². The van der Waals surface area contributed by atoms with E-state index in [1.807, 2.05) is 24.3 Å². The van der Waals surface area contributed by atoms with E-state index in [1.54, 1.807) is 18.5 Å². The van der Waals surface area contributed by atoms with Crippen LogP contribution in [0, 0.1) is 5.82 Å². The number of nitrogens with two attached hydrogens (primary N) is 1. The lowest BCUT2D eigenvalue weighted by atomic mass is 9.87. The molecule has 0 aliphatic heterocycles. The van der Waals surface area contributed by atoms with E-state index in [1.165, 1.54) is 12.1 Å². The molecule has 1 unspecified atom stereocenters. The number of amides is 1. The van der Waals surface area contributed by atoms with Crippen molar-refractivity contribution in [3.8, 4) is 22.5 Å².